The molecule has 2 heterocycles. The molecule has 112 valence electrons. The van der Waals surface area contributed by atoms with Gasteiger partial charge in [0.05, 0.1) is 7.11 Å². The molecule has 1 N–H and O–H groups in total. The Balaban J connectivity index is 2.01. The number of carbonyl (C=O) groups excluding carboxylic acids is 1. The highest BCUT2D eigenvalue weighted by Crippen LogP contribution is 2.29. The molecular formula is C13H9N3O4S2. The van der Waals surface area contributed by atoms with Crippen molar-refractivity contribution in [2.45, 2.75) is 0 Å². The van der Waals surface area contributed by atoms with Crippen molar-refractivity contribution in [3.63, 3.8) is 0 Å². The van der Waals surface area contributed by atoms with Crippen molar-refractivity contribution in [3.8, 4) is 11.6 Å². The van der Waals surface area contributed by atoms with Crippen LogP contribution in [0.2, 0.25) is 0 Å². The zero-order valence-electron chi connectivity index (χ0n) is 11.2. The Hall–Kier alpha value is -2.52. The minimum absolute atomic E-state index is 0.132. The second-order valence-electron chi connectivity index (χ2n) is 4.21. The van der Waals surface area contributed by atoms with Crippen LogP contribution < -0.4 is 9.84 Å². The molecule has 0 amide bonds. The molecule has 1 aliphatic heterocycles. The fraction of sp³-hybridized carbons (Fsp3) is 0.0769. The predicted molar refractivity (Wildman–Crippen MR) is 78.4 cm³/mol. The molecule has 0 aliphatic carbocycles. The van der Waals surface area contributed by atoms with E-state index in [1.165, 1.54) is 10.8 Å². The Morgan fingerprint density at radius 3 is 2.77 bits per heavy atom. The van der Waals surface area contributed by atoms with Crippen LogP contribution in [0, 0.1) is 3.95 Å². The van der Waals surface area contributed by atoms with Crippen LogP contribution in [-0.4, -0.2) is 22.8 Å². The molecule has 0 unspecified atom stereocenters. The molecule has 0 atom stereocenters. The van der Waals surface area contributed by atoms with Crippen LogP contribution in [0.3, 0.4) is 0 Å². The van der Waals surface area contributed by atoms with E-state index >= 15 is 0 Å². The Morgan fingerprint density at radius 1 is 1.45 bits per heavy atom. The molecular weight excluding hydrogens is 326 g/mol. The maximum atomic E-state index is 11.8. The summed E-state index contributed by atoms with van der Waals surface area (Å²) < 4.78 is 6.73. The van der Waals surface area contributed by atoms with Gasteiger partial charge in [-0.2, -0.15) is 0 Å². The molecule has 0 radical (unpaired) electrons. The van der Waals surface area contributed by atoms with Crippen LogP contribution >= 0.6 is 23.6 Å². The standard InChI is InChI=1S/C13H9N3O4S2/c1-19-8-4-2-7(3-5-8)16-9(12(18)20-15-16)6-10-11(17)14-13(21)22-10/h2-6H,1H3,(H-,14,15,17,18,21). The summed E-state index contributed by atoms with van der Waals surface area (Å²) in [5, 5.41) is 15.4. The number of aromatic amines is 1. The van der Waals surface area contributed by atoms with Crippen LogP contribution in [0.4, 0.5) is 5.69 Å². The minimum Gasteiger partial charge on any atom is -0.859 e. The normalized spacial score (nSPS) is 15.8. The van der Waals surface area contributed by atoms with E-state index in [2.05, 4.69) is 15.1 Å². The average Bonchev–Trinajstić information content (AvgIpc) is 3.03. The number of methoxy groups -OCH3 is 1. The Morgan fingerprint density at radius 2 is 2.18 bits per heavy atom. The molecule has 22 heavy (non-hydrogen) atoms. The zero-order valence-corrected chi connectivity index (χ0v) is 12.9. The topological polar surface area (TPSA) is 89.8 Å². The van der Waals surface area contributed by atoms with Crippen LogP contribution in [0.15, 0.2) is 35.2 Å². The van der Waals surface area contributed by atoms with Gasteiger partial charge >= 0.3 is 11.7 Å². The maximum absolute atomic E-state index is 11.8. The van der Waals surface area contributed by atoms with Gasteiger partial charge in [0.25, 0.3) is 0 Å². The summed E-state index contributed by atoms with van der Waals surface area (Å²) in [5.74, 6) is -0.322. The highest BCUT2D eigenvalue weighted by Gasteiger charge is 2.36. The van der Waals surface area contributed by atoms with Gasteiger partial charge in [0.15, 0.2) is 3.95 Å². The molecule has 3 rings (SSSR count). The number of rotatable bonds is 3. The Kier molecular flexibility index (Phi) is 3.73. The quantitative estimate of drug-likeness (QED) is 0.529. The van der Waals surface area contributed by atoms with Crippen molar-refractivity contribution >= 4 is 41.3 Å². The van der Waals surface area contributed by atoms with Gasteiger partial charge in [0.1, 0.15) is 5.75 Å². The van der Waals surface area contributed by atoms with Crippen LogP contribution in [0.1, 0.15) is 4.88 Å². The predicted octanol–water partition coefficient (Wildman–Crippen LogP) is 2.50. The third kappa shape index (κ3) is 2.63. The number of thiazole rings is 1. The van der Waals surface area contributed by atoms with Gasteiger partial charge in [0, 0.05) is 23.1 Å². The fourth-order valence-electron chi connectivity index (χ4n) is 1.83. The monoisotopic (exact) mass is 335 g/mol. The molecule has 0 fully saturated rings. The molecule has 1 aromatic carbocycles. The number of H-pyrrole nitrogens is 1. The first kappa shape index (κ1) is 14.4. The second-order valence-corrected chi connectivity index (χ2v) is 5.93. The minimum atomic E-state index is -0.644. The lowest BCUT2D eigenvalue weighted by Gasteiger charge is -2.00. The first-order chi connectivity index (χ1) is 10.6. The highest BCUT2D eigenvalue weighted by atomic mass is 32.1. The second kappa shape index (κ2) is 5.70. The zero-order chi connectivity index (χ0) is 15.7. The first-order valence-corrected chi connectivity index (χ1v) is 7.29. The number of hydrogen-bond acceptors (Lipinski definition) is 7. The number of nitrogens with one attached hydrogen (secondary N) is 1. The summed E-state index contributed by atoms with van der Waals surface area (Å²) >= 11 is 5.99. The molecule has 7 nitrogen and oxygen atoms in total. The van der Waals surface area contributed by atoms with Gasteiger partial charge in [-0.15, -0.1) is 11.3 Å². The van der Waals surface area contributed by atoms with Gasteiger partial charge in [-0.3, -0.25) is 4.84 Å². The van der Waals surface area contributed by atoms with Crippen LogP contribution in [0.5, 0.6) is 11.6 Å². The molecule has 1 aromatic heterocycles. The number of nitrogens with zero attached hydrogens (tertiary/aromatic N) is 2. The summed E-state index contributed by atoms with van der Waals surface area (Å²) in [4.78, 5) is 19.3. The molecule has 0 bridgehead atoms. The van der Waals surface area contributed by atoms with E-state index in [1.54, 1.807) is 31.4 Å². The summed E-state index contributed by atoms with van der Waals surface area (Å²) in [5.41, 5.74) is 0.733. The summed E-state index contributed by atoms with van der Waals surface area (Å²) in [6, 6.07) is 6.89. The lowest BCUT2D eigenvalue weighted by atomic mass is 10.2. The number of aromatic nitrogens is 1. The summed E-state index contributed by atoms with van der Waals surface area (Å²) in [7, 11) is 1.56. The number of hydrogen-bond donors (Lipinski definition) is 1. The van der Waals surface area contributed by atoms with Crippen LogP contribution in [-0.2, 0) is 9.63 Å². The van der Waals surface area contributed by atoms with Gasteiger partial charge in [-0.1, -0.05) is 0 Å². The van der Waals surface area contributed by atoms with Crippen molar-refractivity contribution in [3.05, 3.63) is 38.8 Å². The van der Waals surface area contributed by atoms with E-state index in [-0.39, 0.29) is 11.6 Å². The third-order valence-corrected chi connectivity index (χ3v) is 4.03. The average molecular weight is 335 g/mol. The molecule has 0 saturated heterocycles. The van der Waals surface area contributed by atoms with Gasteiger partial charge in [-0.05, 0) is 34.9 Å². The van der Waals surface area contributed by atoms with E-state index in [0.29, 0.717) is 20.3 Å². The molecule has 0 spiro atoms. The van der Waals surface area contributed by atoms with Crippen molar-refractivity contribution in [1.29, 1.82) is 0 Å². The lowest BCUT2D eigenvalue weighted by Crippen LogP contribution is -2.05. The Bertz CT molecular complexity index is 849. The SMILES string of the molecule is COc1ccc([N+]2=NOC(=O)/C2=C\c2sc(=S)[nH]c2[O-])cc1. The molecule has 9 heteroatoms. The van der Waals surface area contributed by atoms with Gasteiger partial charge < -0.3 is 14.8 Å². The van der Waals surface area contributed by atoms with Crippen molar-refractivity contribution in [1.82, 2.24) is 4.98 Å². The largest absolute Gasteiger partial charge is 0.859 e. The number of carbonyl (C=O) groups is 1. The highest BCUT2D eigenvalue weighted by molar-refractivity contribution is 7.73. The van der Waals surface area contributed by atoms with E-state index in [9.17, 15) is 9.90 Å². The molecule has 2 aromatic rings. The maximum Gasteiger partial charge on any atom is 0.437 e. The van der Waals surface area contributed by atoms with Gasteiger partial charge in [-0.25, -0.2) is 4.79 Å². The van der Waals surface area contributed by atoms with E-state index < -0.39 is 5.97 Å². The lowest BCUT2D eigenvalue weighted by molar-refractivity contribution is -0.462. The summed E-state index contributed by atoms with van der Waals surface area (Å²) in [6.07, 6.45) is 1.41. The first-order valence-electron chi connectivity index (χ1n) is 6.07. The van der Waals surface area contributed by atoms with Crippen molar-refractivity contribution < 1.29 is 24.2 Å². The van der Waals surface area contributed by atoms with E-state index in [4.69, 9.17) is 17.0 Å². The summed E-state index contributed by atoms with van der Waals surface area (Å²) in [6.45, 7) is 0. The van der Waals surface area contributed by atoms with E-state index in [1.807, 2.05) is 0 Å². The van der Waals surface area contributed by atoms with Gasteiger partial charge in [0.2, 0.25) is 11.0 Å². The Labute approximate surface area is 133 Å². The third-order valence-electron chi connectivity index (χ3n) is 2.87. The van der Waals surface area contributed by atoms with Crippen LogP contribution in [0.25, 0.3) is 6.08 Å². The number of ether oxygens (including phenoxy) is 1. The van der Waals surface area contributed by atoms with E-state index in [0.717, 1.165) is 11.3 Å². The van der Waals surface area contributed by atoms with Crippen molar-refractivity contribution in [2.24, 2.45) is 5.28 Å². The molecule has 0 saturated carbocycles. The fourth-order valence-corrected chi connectivity index (χ4v) is 2.85. The van der Waals surface area contributed by atoms with Crippen molar-refractivity contribution in [2.75, 3.05) is 7.11 Å². The molecule has 1 aliphatic rings. The number of benzene rings is 1. The smallest absolute Gasteiger partial charge is 0.437 e.